The van der Waals surface area contributed by atoms with Crippen molar-refractivity contribution >= 4 is 16.8 Å². The minimum atomic E-state index is -0.221. The third kappa shape index (κ3) is 2.61. The number of carbonyl (C=O) groups is 1. The Labute approximate surface area is 157 Å². The summed E-state index contributed by atoms with van der Waals surface area (Å²) in [6.07, 6.45) is 1.67. The van der Waals surface area contributed by atoms with Crippen molar-refractivity contribution < 1.29 is 14.3 Å². The number of piperidine rings is 1. The molecule has 1 aromatic heterocycles. The number of rotatable bonds is 2. The number of fused-ring (bicyclic) bond motifs is 3. The van der Waals surface area contributed by atoms with Crippen molar-refractivity contribution in [2.24, 2.45) is 0 Å². The molecule has 2 aliphatic heterocycles. The largest absolute Gasteiger partial charge is 0.497 e. The number of hydrogen-bond acceptors (Lipinski definition) is 3. The number of aromatic amines is 1. The molecule has 3 heterocycles. The molecule has 3 aromatic rings. The third-order valence-corrected chi connectivity index (χ3v) is 5.93. The quantitative estimate of drug-likeness (QED) is 0.754. The first kappa shape index (κ1) is 16.4. The zero-order valence-corrected chi connectivity index (χ0v) is 15.3. The van der Waals surface area contributed by atoms with Gasteiger partial charge in [0.2, 0.25) is 0 Å². The van der Waals surface area contributed by atoms with E-state index in [0.29, 0.717) is 25.4 Å². The zero-order valence-electron chi connectivity index (χ0n) is 15.3. The second kappa shape index (κ2) is 6.13. The Hall–Kier alpha value is -2.79. The Kier molecular flexibility index (Phi) is 3.72. The van der Waals surface area contributed by atoms with Crippen LogP contribution in [-0.2, 0) is 16.9 Å². The first-order chi connectivity index (χ1) is 13.2. The summed E-state index contributed by atoms with van der Waals surface area (Å²) in [5, 5.41) is 1.01. The number of likely N-dealkylation sites (tertiary alicyclic amines) is 1. The standard InChI is InChI=1S/C22H22N2O3/c1-26-17-7-6-15-12-20(23-19(15)13-17)21(25)24-10-8-22(9-11-24)18-5-3-2-4-16(18)14-27-22/h2-7,12-13,23H,8-11,14H2,1H3. The molecule has 2 aliphatic rings. The smallest absolute Gasteiger partial charge is 0.270 e. The van der Waals surface area contributed by atoms with Crippen molar-refractivity contribution in [3.63, 3.8) is 0 Å². The fraction of sp³-hybridized carbons (Fsp3) is 0.318. The van der Waals surface area contributed by atoms with Crippen molar-refractivity contribution in [1.82, 2.24) is 9.88 Å². The van der Waals surface area contributed by atoms with Crippen LogP contribution in [0.1, 0.15) is 34.5 Å². The van der Waals surface area contributed by atoms with Gasteiger partial charge in [0.1, 0.15) is 11.4 Å². The maximum absolute atomic E-state index is 13.0. The van der Waals surface area contributed by atoms with E-state index in [1.807, 2.05) is 29.2 Å². The third-order valence-electron chi connectivity index (χ3n) is 5.93. The molecule has 138 valence electrons. The predicted octanol–water partition coefficient (Wildman–Crippen LogP) is 3.84. The van der Waals surface area contributed by atoms with Gasteiger partial charge in [-0.05, 0) is 42.2 Å². The number of benzene rings is 2. The molecule has 2 aromatic carbocycles. The molecular weight excluding hydrogens is 340 g/mol. The van der Waals surface area contributed by atoms with E-state index in [2.05, 4.69) is 29.2 Å². The minimum absolute atomic E-state index is 0.0475. The minimum Gasteiger partial charge on any atom is -0.497 e. The average Bonchev–Trinajstić information content (AvgIpc) is 3.30. The van der Waals surface area contributed by atoms with Gasteiger partial charge in [-0.2, -0.15) is 0 Å². The van der Waals surface area contributed by atoms with Gasteiger partial charge in [-0.1, -0.05) is 24.3 Å². The molecule has 1 N–H and O–H groups in total. The van der Waals surface area contributed by atoms with Crippen molar-refractivity contribution in [3.8, 4) is 5.75 Å². The van der Waals surface area contributed by atoms with E-state index in [1.54, 1.807) is 7.11 Å². The molecule has 1 amide bonds. The van der Waals surface area contributed by atoms with Gasteiger partial charge >= 0.3 is 0 Å². The first-order valence-electron chi connectivity index (χ1n) is 9.37. The van der Waals surface area contributed by atoms with Crippen LogP contribution in [0.4, 0.5) is 0 Å². The van der Waals surface area contributed by atoms with E-state index >= 15 is 0 Å². The van der Waals surface area contributed by atoms with Crippen molar-refractivity contribution in [2.75, 3.05) is 20.2 Å². The maximum atomic E-state index is 13.0. The van der Waals surface area contributed by atoms with Crippen LogP contribution in [0.3, 0.4) is 0 Å². The molecule has 27 heavy (non-hydrogen) atoms. The number of hydrogen-bond donors (Lipinski definition) is 1. The molecule has 1 spiro atoms. The van der Waals surface area contributed by atoms with Crippen LogP contribution in [0.25, 0.3) is 10.9 Å². The number of amides is 1. The Balaban J connectivity index is 1.35. The highest BCUT2D eigenvalue weighted by molar-refractivity contribution is 5.98. The van der Waals surface area contributed by atoms with E-state index < -0.39 is 0 Å². The lowest BCUT2D eigenvalue weighted by molar-refractivity contribution is -0.0742. The summed E-state index contributed by atoms with van der Waals surface area (Å²) in [6, 6.07) is 16.2. The number of nitrogens with zero attached hydrogens (tertiary/aromatic N) is 1. The molecule has 0 saturated carbocycles. The van der Waals surface area contributed by atoms with Crippen LogP contribution >= 0.6 is 0 Å². The molecular formula is C22H22N2O3. The van der Waals surface area contributed by atoms with E-state index in [0.717, 1.165) is 29.5 Å². The van der Waals surface area contributed by atoms with Crippen molar-refractivity contribution in [2.45, 2.75) is 25.0 Å². The van der Waals surface area contributed by atoms with Gasteiger partial charge in [0.25, 0.3) is 5.91 Å². The fourth-order valence-corrected chi connectivity index (χ4v) is 4.39. The molecule has 5 heteroatoms. The van der Waals surface area contributed by atoms with Gasteiger partial charge in [0.15, 0.2) is 0 Å². The molecule has 5 nitrogen and oxygen atoms in total. The van der Waals surface area contributed by atoms with Crippen LogP contribution in [0.5, 0.6) is 5.75 Å². The van der Waals surface area contributed by atoms with E-state index in [1.165, 1.54) is 11.1 Å². The summed E-state index contributed by atoms with van der Waals surface area (Å²) in [5.41, 5.74) is 3.90. The number of methoxy groups -OCH3 is 1. The topological polar surface area (TPSA) is 54.6 Å². The maximum Gasteiger partial charge on any atom is 0.270 e. The second-order valence-electron chi connectivity index (χ2n) is 7.37. The van der Waals surface area contributed by atoms with E-state index in [4.69, 9.17) is 9.47 Å². The summed E-state index contributed by atoms with van der Waals surface area (Å²) in [5.74, 6) is 0.826. The van der Waals surface area contributed by atoms with Gasteiger partial charge in [-0.25, -0.2) is 0 Å². The normalized spacial score (nSPS) is 18.0. The molecule has 1 fully saturated rings. The highest BCUT2D eigenvalue weighted by atomic mass is 16.5. The van der Waals surface area contributed by atoms with Gasteiger partial charge in [0.05, 0.1) is 19.3 Å². The molecule has 0 atom stereocenters. The summed E-state index contributed by atoms with van der Waals surface area (Å²) in [6.45, 7) is 2.08. The summed E-state index contributed by atoms with van der Waals surface area (Å²) >= 11 is 0. The van der Waals surface area contributed by atoms with Crippen LogP contribution in [0, 0.1) is 0 Å². The van der Waals surface area contributed by atoms with Crippen LogP contribution in [0.15, 0.2) is 48.5 Å². The van der Waals surface area contributed by atoms with Gasteiger partial charge < -0.3 is 19.4 Å². The lowest BCUT2D eigenvalue weighted by Gasteiger charge is -2.39. The number of carbonyl (C=O) groups excluding carboxylic acids is 1. The van der Waals surface area contributed by atoms with Gasteiger partial charge in [-0.15, -0.1) is 0 Å². The highest BCUT2D eigenvalue weighted by Crippen LogP contribution is 2.44. The number of nitrogens with one attached hydrogen (secondary N) is 1. The molecule has 0 bridgehead atoms. The monoisotopic (exact) mass is 362 g/mol. The lowest BCUT2D eigenvalue weighted by Crippen LogP contribution is -2.45. The SMILES string of the molecule is COc1ccc2cc(C(=O)N3CCC4(CC3)OCc3ccccc34)[nH]c2c1. The zero-order chi connectivity index (χ0) is 18.4. The number of H-pyrrole nitrogens is 1. The average molecular weight is 362 g/mol. The Morgan fingerprint density at radius 3 is 2.78 bits per heavy atom. The van der Waals surface area contributed by atoms with Gasteiger partial charge in [0, 0.05) is 30.1 Å². The number of ether oxygens (including phenoxy) is 2. The summed E-state index contributed by atoms with van der Waals surface area (Å²) in [4.78, 5) is 18.2. The molecule has 0 aliphatic carbocycles. The number of aromatic nitrogens is 1. The van der Waals surface area contributed by atoms with E-state index in [9.17, 15) is 4.79 Å². The molecule has 1 saturated heterocycles. The Morgan fingerprint density at radius 1 is 1.15 bits per heavy atom. The summed E-state index contributed by atoms with van der Waals surface area (Å²) in [7, 11) is 1.64. The summed E-state index contributed by atoms with van der Waals surface area (Å²) < 4.78 is 11.5. The molecule has 0 unspecified atom stereocenters. The predicted molar refractivity (Wildman–Crippen MR) is 103 cm³/mol. The molecule has 0 radical (unpaired) electrons. The van der Waals surface area contributed by atoms with Gasteiger partial charge in [-0.3, -0.25) is 4.79 Å². The second-order valence-corrected chi connectivity index (χ2v) is 7.37. The van der Waals surface area contributed by atoms with Crippen LogP contribution in [0.2, 0.25) is 0 Å². The Bertz CT molecular complexity index is 1020. The van der Waals surface area contributed by atoms with Crippen LogP contribution in [-0.4, -0.2) is 36.0 Å². The Morgan fingerprint density at radius 2 is 1.96 bits per heavy atom. The molecule has 5 rings (SSSR count). The van der Waals surface area contributed by atoms with Crippen molar-refractivity contribution in [1.29, 1.82) is 0 Å². The highest BCUT2D eigenvalue weighted by Gasteiger charge is 2.43. The fourth-order valence-electron chi connectivity index (χ4n) is 4.39. The lowest BCUT2D eigenvalue weighted by atomic mass is 9.84. The van der Waals surface area contributed by atoms with E-state index in [-0.39, 0.29) is 11.5 Å². The first-order valence-corrected chi connectivity index (χ1v) is 9.37. The van der Waals surface area contributed by atoms with Crippen LogP contribution < -0.4 is 4.74 Å². The van der Waals surface area contributed by atoms with Crippen molar-refractivity contribution in [3.05, 3.63) is 65.4 Å².